The van der Waals surface area contributed by atoms with E-state index in [0.29, 0.717) is 0 Å². The zero-order valence-corrected chi connectivity index (χ0v) is 14.3. The molecule has 5 rings (SSSR count). The summed E-state index contributed by atoms with van der Waals surface area (Å²) in [4.78, 5) is 4.44. The zero-order chi connectivity index (χ0) is 17.3. The second-order valence-corrected chi connectivity index (χ2v) is 6.52. The Morgan fingerprint density at radius 1 is 0.500 bits per heavy atom. The lowest BCUT2D eigenvalue weighted by molar-refractivity contribution is 1.33. The molecule has 0 saturated heterocycles. The molecule has 122 valence electrons. The van der Waals surface area contributed by atoms with Crippen molar-refractivity contribution in [1.82, 2.24) is 4.98 Å². The molecule has 0 N–H and O–H groups in total. The SMILES string of the molecule is c1ccc(-c2ccc(-c3cccc4cc5ccccc5cc34)cc2)nc1. The molecule has 0 aliphatic carbocycles. The van der Waals surface area contributed by atoms with Gasteiger partial charge in [0.15, 0.2) is 0 Å². The van der Waals surface area contributed by atoms with Gasteiger partial charge in [0.1, 0.15) is 0 Å². The third-order valence-electron chi connectivity index (χ3n) is 4.90. The second-order valence-electron chi connectivity index (χ2n) is 6.52. The highest BCUT2D eigenvalue weighted by Crippen LogP contribution is 2.32. The highest BCUT2D eigenvalue weighted by atomic mass is 14.7. The second kappa shape index (κ2) is 6.12. The summed E-state index contributed by atoms with van der Waals surface area (Å²) in [6, 6.07) is 34.3. The third-order valence-corrected chi connectivity index (χ3v) is 4.90. The van der Waals surface area contributed by atoms with E-state index in [1.165, 1.54) is 32.7 Å². The van der Waals surface area contributed by atoms with Crippen LogP contribution in [0.5, 0.6) is 0 Å². The average Bonchev–Trinajstić information content (AvgIpc) is 2.72. The lowest BCUT2D eigenvalue weighted by Gasteiger charge is -2.10. The molecule has 0 atom stereocenters. The van der Waals surface area contributed by atoms with Crippen LogP contribution in [0.15, 0.2) is 103 Å². The first-order valence-corrected chi connectivity index (χ1v) is 8.82. The van der Waals surface area contributed by atoms with Gasteiger partial charge in [-0.2, -0.15) is 0 Å². The van der Waals surface area contributed by atoms with Gasteiger partial charge in [-0.1, -0.05) is 72.8 Å². The molecular weight excluding hydrogens is 314 g/mol. The van der Waals surface area contributed by atoms with Crippen molar-refractivity contribution in [2.45, 2.75) is 0 Å². The van der Waals surface area contributed by atoms with E-state index in [-0.39, 0.29) is 0 Å². The van der Waals surface area contributed by atoms with Gasteiger partial charge in [-0.3, -0.25) is 4.98 Å². The van der Waals surface area contributed by atoms with Crippen LogP contribution in [0.2, 0.25) is 0 Å². The molecule has 1 aromatic heterocycles. The van der Waals surface area contributed by atoms with Crippen LogP contribution in [0.4, 0.5) is 0 Å². The Balaban J connectivity index is 1.65. The van der Waals surface area contributed by atoms with Crippen molar-refractivity contribution in [3.05, 3.63) is 103 Å². The summed E-state index contributed by atoms with van der Waals surface area (Å²) in [5, 5.41) is 5.12. The number of nitrogens with zero attached hydrogens (tertiary/aromatic N) is 1. The van der Waals surface area contributed by atoms with E-state index in [9.17, 15) is 0 Å². The van der Waals surface area contributed by atoms with Crippen molar-refractivity contribution >= 4 is 21.5 Å². The van der Waals surface area contributed by atoms with E-state index in [4.69, 9.17) is 0 Å². The van der Waals surface area contributed by atoms with Crippen molar-refractivity contribution in [3.63, 3.8) is 0 Å². The Hall–Kier alpha value is -3.45. The molecule has 0 aliphatic rings. The fourth-order valence-corrected chi connectivity index (χ4v) is 3.57. The predicted molar refractivity (Wildman–Crippen MR) is 110 cm³/mol. The van der Waals surface area contributed by atoms with Crippen molar-refractivity contribution < 1.29 is 0 Å². The van der Waals surface area contributed by atoms with Crippen LogP contribution in [0.3, 0.4) is 0 Å². The fraction of sp³-hybridized carbons (Fsp3) is 0. The summed E-state index contributed by atoms with van der Waals surface area (Å²) in [6.07, 6.45) is 1.83. The van der Waals surface area contributed by atoms with Crippen molar-refractivity contribution in [1.29, 1.82) is 0 Å². The Morgan fingerprint density at radius 2 is 1.19 bits per heavy atom. The summed E-state index contributed by atoms with van der Waals surface area (Å²) in [6.45, 7) is 0. The van der Waals surface area contributed by atoms with Gasteiger partial charge in [-0.15, -0.1) is 0 Å². The van der Waals surface area contributed by atoms with E-state index in [1.54, 1.807) is 0 Å². The van der Waals surface area contributed by atoms with E-state index >= 15 is 0 Å². The summed E-state index contributed by atoms with van der Waals surface area (Å²) < 4.78 is 0. The molecule has 4 aromatic carbocycles. The van der Waals surface area contributed by atoms with Gasteiger partial charge in [0.2, 0.25) is 0 Å². The maximum Gasteiger partial charge on any atom is 0.0701 e. The highest BCUT2D eigenvalue weighted by molar-refractivity contribution is 6.05. The topological polar surface area (TPSA) is 12.9 Å². The van der Waals surface area contributed by atoms with Gasteiger partial charge in [0.05, 0.1) is 5.69 Å². The molecule has 1 heteroatoms. The smallest absolute Gasteiger partial charge is 0.0701 e. The van der Waals surface area contributed by atoms with Crippen LogP contribution >= 0.6 is 0 Å². The molecule has 0 spiro atoms. The molecule has 0 unspecified atom stereocenters. The minimum atomic E-state index is 1.00. The van der Waals surface area contributed by atoms with E-state index in [2.05, 4.69) is 83.8 Å². The van der Waals surface area contributed by atoms with Gasteiger partial charge < -0.3 is 0 Å². The maximum atomic E-state index is 4.44. The quantitative estimate of drug-likeness (QED) is 0.327. The van der Waals surface area contributed by atoms with Crippen LogP contribution < -0.4 is 0 Å². The molecule has 5 aromatic rings. The Kier molecular flexibility index (Phi) is 3.50. The van der Waals surface area contributed by atoms with Gasteiger partial charge in [0, 0.05) is 11.8 Å². The minimum Gasteiger partial charge on any atom is -0.256 e. The number of benzene rings is 4. The van der Waals surface area contributed by atoms with Crippen LogP contribution in [-0.4, -0.2) is 4.98 Å². The van der Waals surface area contributed by atoms with Gasteiger partial charge in [-0.25, -0.2) is 0 Å². The average molecular weight is 331 g/mol. The summed E-state index contributed by atoms with van der Waals surface area (Å²) >= 11 is 0. The van der Waals surface area contributed by atoms with Crippen LogP contribution in [0.25, 0.3) is 43.9 Å². The first-order chi connectivity index (χ1) is 12.9. The summed E-state index contributed by atoms with van der Waals surface area (Å²) in [5.41, 5.74) is 4.63. The molecule has 26 heavy (non-hydrogen) atoms. The largest absolute Gasteiger partial charge is 0.256 e. The number of fused-ring (bicyclic) bond motifs is 2. The number of aromatic nitrogens is 1. The van der Waals surface area contributed by atoms with Crippen molar-refractivity contribution in [2.24, 2.45) is 0 Å². The molecule has 0 radical (unpaired) electrons. The number of rotatable bonds is 2. The van der Waals surface area contributed by atoms with E-state index in [0.717, 1.165) is 11.3 Å². The lowest BCUT2D eigenvalue weighted by atomic mass is 9.95. The molecule has 0 aliphatic heterocycles. The van der Waals surface area contributed by atoms with Crippen molar-refractivity contribution in [3.8, 4) is 22.4 Å². The first kappa shape index (κ1) is 14.9. The van der Waals surface area contributed by atoms with Gasteiger partial charge >= 0.3 is 0 Å². The maximum absolute atomic E-state index is 4.44. The normalized spacial score (nSPS) is 11.1. The standard InChI is InChI=1S/C25H17N/c1-2-7-21-17-24-22(16-20(21)6-1)8-5-9-23(24)18-11-13-19(14-12-18)25-10-3-4-15-26-25/h1-17H. The predicted octanol–water partition coefficient (Wildman–Crippen LogP) is 6.72. The summed E-state index contributed by atoms with van der Waals surface area (Å²) in [5.74, 6) is 0. The lowest BCUT2D eigenvalue weighted by Crippen LogP contribution is -1.85. The Labute approximate surface area is 152 Å². The molecule has 0 saturated carbocycles. The number of hydrogen-bond donors (Lipinski definition) is 0. The molecule has 0 amide bonds. The number of pyridine rings is 1. The highest BCUT2D eigenvalue weighted by Gasteiger charge is 2.06. The molecule has 1 nitrogen and oxygen atoms in total. The van der Waals surface area contributed by atoms with Gasteiger partial charge in [-0.05, 0) is 56.9 Å². The molecular formula is C25H17N. The minimum absolute atomic E-state index is 1.00. The fourth-order valence-electron chi connectivity index (χ4n) is 3.57. The molecule has 0 fully saturated rings. The third kappa shape index (κ3) is 2.55. The zero-order valence-electron chi connectivity index (χ0n) is 14.3. The Bertz CT molecular complexity index is 1210. The van der Waals surface area contributed by atoms with E-state index < -0.39 is 0 Å². The molecule has 1 heterocycles. The Morgan fingerprint density at radius 3 is 1.96 bits per heavy atom. The first-order valence-electron chi connectivity index (χ1n) is 8.82. The van der Waals surface area contributed by atoms with E-state index in [1.807, 2.05) is 24.4 Å². The number of hydrogen-bond acceptors (Lipinski definition) is 1. The van der Waals surface area contributed by atoms with Crippen LogP contribution in [-0.2, 0) is 0 Å². The van der Waals surface area contributed by atoms with Crippen LogP contribution in [0, 0.1) is 0 Å². The van der Waals surface area contributed by atoms with Gasteiger partial charge in [0.25, 0.3) is 0 Å². The van der Waals surface area contributed by atoms with Crippen molar-refractivity contribution in [2.75, 3.05) is 0 Å². The monoisotopic (exact) mass is 331 g/mol. The van der Waals surface area contributed by atoms with Crippen LogP contribution in [0.1, 0.15) is 0 Å². The molecule has 0 bridgehead atoms. The summed E-state index contributed by atoms with van der Waals surface area (Å²) in [7, 11) is 0.